The molecular weight excluding hydrogens is 248 g/mol. The first-order valence-corrected chi connectivity index (χ1v) is 7.89. The Morgan fingerprint density at radius 2 is 1.80 bits per heavy atom. The van der Waals surface area contributed by atoms with E-state index in [0.29, 0.717) is 12.5 Å². The molecule has 2 rings (SSSR count). The van der Waals surface area contributed by atoms with Crippen LogP contribution in [0.15, 0.2) is 24.3 Å². The molecule has 1 aromatic rings. The summed E-state index contributed by atoms with van der Waals surface area (Å²) in [5, 5.41) is 10.3. The minimum absolute atomic E-state index is 0.0619. The fraction of sp³-hybridized carbons (Fsp3) is 0.667. The predicted octanol–water partition coefficient (Wildman–Crippen LogP) is 4.30. The Kier molecular flexibility index (Phi) is 5.09. The van der Waals surface area contributed by atoms with Gasteiger partial charge in [0.1, 0.15) is 12.4 Å². The van der Waals surface area contributed by atoms with E-state index >= 15 is 0 Å². The second-order valence-electron chi connectivity index (χ2n) is 7.02. The van der Waals surface area contributed by atoms with Crippen molar-refractivity contribution in [3.63, 3.8) is 0 Å². The van der Waals surface area contributed by atoms with Crippen LogP contribution >= 0.6 is 0 Å². The molecule has 0 bridgehead atoms. The van der Waals surface area contributed by atoms with Crippen molar-refractivity contribution in [3.8, 4) is 5.75 Å². The SMILES string of the molecule is CC(C)(C)c1ccccc1OCC(O)C1CCCCC1. The normalized spacial score (nSPS) is 18.8. The zero-order chi connectivity index (χ0) is 14.6. The lowest BCUT2D eigenvalue weighted by Crippen LogP contribution is -2.29. The highest BCUT2D eigenvalue weighted by Crippen LogP contribution is 2.32. The topological polar surface area (TPSA) is 29.5 Å². The highest BCUT2D eigenvalue weighted by Gasteiger charge is 2.23. The van der Waals surface area contributed by atoms with Gasteiger partial charge in [0.2, 0.25) is 0 Å². The second-order valence-corrected chi connectivity index (χ2v) is 7.02. The molecule has 0 radical (unpaired) electrons. The standard InChI is InChI=1S/C18H28O2/c1-18(2,3)15-11-7-8-12-17(15)20-13-16(19)14-9-5-4-6-10-14/h7-8,11-12,14,16,19H,4-6,9-10,13H2,1-3H3. The second kappa shape index (κ2) is 6.62. The number of para-hydroxylation sites is 1. The van der Waals surface area contributed by atoms with Gasteiger partial charge in [0.25, 0.3) is 0 Å². The number of aliphatic hydroxyl groups is 1. The summed E-state index contributed by atoms with van der Waals surface area (Å²) in [4.78, 5) is 0. The predicted molar refractivity (Wildman–Crippen MR) is 83.2 cm³/mol. The van der Waals surface area contributed by atoms with Crippen molar-refractivity contribution in [2.75, 3.05) is 6.61 Å². The van der Waals surface area contributed by atoms with Gasteiger partial charge in [-0.2, -0.15) is 0 Å². The van der Waals surface area contributed by atoms with E-state index in [2.05, 4.69) is 26.8 Å². The van der Waals surface area contributed by atoms with Crippen LogP contribution < -0.4 is 4.74 Å². The third kappa shape index (κ3) is 3.99. The Bertz CT molecular complexity index is 414. The summed E-state index contributed by atoms with van der Waals surface area (Å²) in [6, 6.07) is 8.17. The van der Waals surface area contributed by atoms with Gasteiger partial charge in [0.15, 0.2) is 0 Å². The molecule has 1 atom stereocenters. The third-order valence-electron chi connectivity index (χ3n) is 4.30. The molecule has 1 N–H and O–H groups in total. The molecule has 112 valence electrons. The quantitative estimate of drug-likeness (QED) is 0.888. The van der Waals surface area contributed by atoms with Crippen LogP contribution in [-0.4, -0.2) is 17.8 Å². The van der Waals surface area contributed by atoms with Crippen molar-refractivity contribution < 1.29 is 9.84 Å². The van der Waals surface area contributed by atoms with Crippen molar-refractivity contribution in [1.29, 1.82) is 0 Å². The van der Waals surface area contributed by atoms with Gasteiger partial charge >= 0.3 is 0 Å². The molecule has 0 saturated heterocycles. The molecule has 20 heavy (non-hydrogen) atoms. The van der Waals surface area contributed by atoms with E-state index in [4.69, 9.17) is 4.74 Å². The molecule has 1 fully saturated rings. The van der Waals surface area contributed by atoms with E-state index in [0.717, 1.165) is 18.6 Å². The molecule has 0 aliphatic heterocycles. The lowest BCUT2D eigenvalue weighted by Gasteiger charge is -2.28. The average molecular weight is 276 g/mol. The smallest absolute Gasteiger partial charge is 0.123 e. The van der Waals surface area contributed by atoms with Gasteiger partial charge in [0, 0.05) is 0 Å². The van der Waals surface area contributed by atoms with E-state index < -0.39 is 0 Å². The maximum atomic E-state index is 10.3. The van der Waals surface area contributed by atoms with E-state index in [1.165, 1.54) is 24.8 Å². The number of hydrogen-bond acceptors (Lipinski definition) is 2. The van der Waals surface area contributed by atoms with Gasteiger partial charge < -0.3 is 9.84 Å². The molecule has 1 aliphatic rings. The Hall–Kier alpha value is -1.02. The first-order chi connectivity index (χ1) is 9.48. The average Bonchev–Trinajstić information content (AvgIpc) is 2.45. The summed E-state index contributed by atoms with van der Waals surface area (Å²) in [7, 11) is 0. The lowest BCUT2D eigenvalue weighted by molar-refractivity contribution is 0.0408. The molecule has 0 aromatic heterocycles. The molecular formula is C18H28O2. The Labute approximate surface area is 123 Å². The number of ether oxygens (including phenoxy) is 1. The zero-order valence-electron chi connectivity index (χ0n) is 13.1. The molecule has 2 nitrogen and oxygen atoms in total. The van der Waals surface area contributed by atoms with Crippen molar-refractivity contribution in [3.05, 3.63) is 29.8 Å². The van der Waals surface area contributed by atoms with E-state index in [9.17, 15) is 5.11 Å². The van der Waals surface area contributed by atoms with Crippen LogP contribution in [0.1, 0.15) is 58.4 Å². The van der Waals surface area contributed by atoms with Crippen LogP contribution in [0, 0.1) is 5.92 Å². The van der Waals surface area contributed by atoms with Crippen molar-refractivity contribution in [2.24, 2.45) is 5.92 Å². The summed E-state index contributed by atoms with van der Waals surface area (Å²) < 4.78 is 5.93. The molecule has 2 heteroatoms. The van der Waals surface area contributed by atoms with Crippen molar-refractivity contribution in [2.45, 2.75) is 64.4 Å². The Morgan fingerprint density at radius 1 is 1.15 bits per heavy atom. The van der Waals surface area contributed by atoms with Crippen molar-refractivity contribution >= 4 is 0 Å². The van der Waals surface area contributed by atoms with Gasteiger partial charge in [-0.3, -0.25) is 0 Å². The summed E-state index contributed by atoms with van der Waals surface area (Å²) >= 11 is 0. The highest BCUT2D eigenvalue weighted by molar-refractivity contribution is 5.38. The molecule has 1 saturated carbocycles. The minimum atomic E-state index is -0.330. The maximum absolute atomic E-state index is 10.3. The monoisotopic (exact) mass is 276 g/mol. The van der Waals surface area contributed by atoms with Crippen LogP contribution in [-0.2, 0) is 5.41 Å². The first kappa shape index (κ1) is 15.4. The lowest BCUT2D eigenvalue weighted by atomic mass is 9.85. The number of rotatable bonds is 4. The zero-order valence-corrected chi connectivity index (χ0v) is 13.1. The largest absolute Gasteiger partial charge is 0.491 e. The number of aliphatic hydroxyl groups excluding tert-OH is 1. The summed E-state index contributed by atoms with van der Waals surface area (Å²) in [5.74, 6) is 1.33. The summed E-state index contributed by atoms with van der Waals surface area (Å²) in [5.41, 5.74) is 1.27. The first-order valence-electron chi connectivity index (χ1n) is 7.89. The molecule has 0 heterocycles. The van der Waals surface area contributed by atoms with Crippen LogP contribution in [0.3, 0.4) is 0 Å². The summed E-state index contributed by atoms with van der Waals surface area (Å²) in [6.07, 6.45) is 5.78. The van der Waals surface area contributed by atoms with Crippen LogP contribution in [0.5, 0.6) is 5.75 Å². The van der Waals surface area contributed by atoms with E-state index in [1.807, 2.05) is 18.2 Å². The Balaban J connectivity index is 1.96. The van der Waals surface area contributed by atoms with Crippen molar-refractivity contribution in [1.82, 2.24) is 0 Å². The molecule has 0 spiro atoms. The van der Waals surface area contributed by atoms with Crippen LogP contribution in [0.4, 0.5) is 0 Å². The molecule has 0 amide bonds. The fourth-order valence-corrected chi connectivity index (χ4v) is 3.04. The van der Waals surface area contributed by atoms with Gasteiger partial charge in [-0.05, 0) is 35.8 Å². The van der Waals surface area contributed by atoms with Gasteiger partial charge in [-0.15, -0.1) is 0 Å². The Morgan fingerprint density at radius 3 is 2.45 bits per heavy atom. The highest BCUT2D eigenvalue weighted by atomic mass is 16.5. The molecule has 1 unspecified atom stereocenters. The molecule has 1 aliphatic carbocycles. The van der Waals surface area contributed by atoms with Gasteiger partial charge in [0.05, 0.1) is 6.10 Å². The summed E-state index contributed by atoms with van der Waals surface area (Å²) in [6.45, 7) is 6.98. The third-order valence-corrected chi connectivity index (χ3v) is 4.30. The van der Waals surface area contributed by atoms with Crippen LogP contribution in [0.25, 0.3) is 0 Å². The van der Waals surface area contributed by atoms with E-state index in [1.54, 1.807) is 0 Å². The van der Waals surface area contributed by atoms with Crippen LogP contribution in [0.2, 0.25) is 0 Å². The number of hydrogen-bond donors (Lipinski definition) is 1. The molecule has 1 aromatic carbocycles. The van der Waals surface area contributed by atoms with E-state index in [-0.39, 0.29) is 11.5 Å². The number of benzene rings is 1. The maximum Gasteiger partial charge on any atom is 0.123 e. The van der Waals surface area contributed by atoms with Gasteiger partial charge in [-0.1, -0.05) is 58.2 Å². The fourth-order valence-electron chi connectivity index (χ4n) is 3.04. The van der Waals surface area contributed by atoms with Gasteiger partial charge in [-0.25, -0.2) is 0 Å². The minimum Gasteiger partial charge on any atom is -0.491 e.